The average molecular weight is 341 g/mol. The number of carbonyl (C=O) groups is 1. The number of hydrogen-bond donors (Lipinski definition) is 1. The smallest absolute Gasteiger partial charge is 0.250 e. The van der Waals surface area contributed by atoms with Gasteiger partial charge < -0.3 is 10.1 Å². The van der Waals surface area contributed by atoms with Crippen molar-refractivity contribution < 1.29 is 18.3 Å². The van der Waals surface area contributed by atoms with Crippen molar-refractivity contribution in [2.75, 3.05) is 18.5 Å². The molecule has 1 N–H and O–H groups in total. The molecule has 0 bridgehead atoms. The summed E-state index contributed by atoms with van der Waals surface area (Å²) in [5, 5.41) is 2.43. The molecule has 0 aromatic heterocycles. The summed E-state index contributed by atoms with van der Waals surface area (Å²) in [6.45, 7) is 2.07. The highest BCUT2D eigenvalue weighted by Crippen LogP contribution is 2.21. The van der Waals surface area contributed by atoms with E-state index in [1.165, 1.54) is 0 Å². The first-order chi connectivity index (χ1) is 7.54. The molecule has 1 amide bonds. The fourth-order valence-corrected chi connectivity index (χ4v) is 1.56. The summed E-state index contributed by atoms with van der Waals surface area (Å²) in [6.07, 6.45) is 0. The molecule has 0 unspecified atom stereocenters. The lowest BCUT2D eigenvalue weighted by molar-refractivity contribution is -0.120. The van der Waals surface area contributed by atoms with Gasteiger partial charge in [-0.2, -0.15) is 0 Å². The van der Waals surface area contributed by atoms with E-state index in [0.29, 0.717) is 10.2 Å². The normalized spacial score (nSPS) is 10.2. The van der Waals surface area contributed by atoms with Crippen LogP contribution in [0.15, 0.2) is 12.1 Å². The highest BCUT2D eigenvalue weighted by Gasteiger charge is 2.10. The van der Waals surface area contributed by atoms with Crippen LogP contribution in [0.4, 0.5) is 14.5 Å². The van der Waals surface area contributed by atoms with E-state index in [1.807, 2.05) is 22.6 Å². The largest absolute Gasteiger partial charge is 0.372 e. The molecule has 0 aliphatic heterocycles. The van der Waals surface area contributed by atoms with Gasteiger partial charge in [0.1, 0.15) is 6.61 Å². The number of amides is 1. The summed E-state index contributed by atoms with van der Waals surface area (Å²) in [4.78, 5) is 11.3. The topological polar surface area (TPSA) is 38.3 Å². The van der Waals surface area contributed by atoms with Gasteiger partial charge in [0.05, 0.1) is 5.69 Å². The van der Waals surface area contributed by atoms with Gasteiger partial charge in [-0.3, -0.25) is 4.79 Å². The lowest BCUT2D eigenvalue weighted by atomic mass is 10.3. The maximum atomic E-state index is 12.9. The molecule has 0 radical (unpaired) electrons. The summed E-state index contributed by atoms with van der Waals surface area (Å²) >= 11 is 1.81. The third-order valence-corrected chi connectivity index (χ3v) is 2.61. The van der Waals surface area contributed by atoms with E-state index in [1.54, 1.807) is 6.92 Å². The summed E-state index contributed by atoms with van der Waals surface area (Å²) in [5.74, 6) is -2.33. The zero-order chi connectivity index (χ0) is 12.1. The van der Waals surface area contributed by atoms with E-state index in [4.69, 9.17) is 4.74 Å². The van der Waals surface area contributed by atoms with Crippen molar-refractivity contribution >= 4 is 34.2 Å². The second-order valence-electron chi connectivity index (χ2n) is 2.93. The van der Waals surface area contributed by atoms with Crippen molar-refractivity contribution in [2.45, 2.75) is 6.92 Å². The highest BCUT2D eigenvalue weighted by molar-refractivity contribution is 14.1. The quantitative estimate of drug-likeness (QED) is 0.675. The standard InChI is InChI=1S/C10H10F2INO2/c1-2-16-5-10(15)14-9-4-7(12)6(11)3-8(9)13/h3-4H,2,5H2,1H3,(H,14,15). The Bertz CT molecular complexity index is 399. The molecule has 0 fully saturated rings. The van der Waals surface area contributed by atoms with Crippen molar-refractivity contribution in [2.24, 2.45) is 0 Å². The molecule has 0 saturated carbocycles. The Morgan fingerprint density at radius 3 is 2.69 bits per heavy atom. The molecular weight excluding hydrogens is 331 g/mol. The number of nitrogens with one attached hydrogen (secondary N) is 1. The number of rotatable bonds is 4. The van der Waals surface area contributed by atoms with Crippen molar-refractivity contribution in [1.29, 1.82) is 0 Å². The first kappa shape index (κ1) is 13.3. The fraction of sp³-hybridized carbons (Fsp3) is 0.300. The van der Waals surface area contributed by atoms with Crippen LogP contribution in [-0.4, -0.2) is 19.1 Å². The molecule has 0 aliphatic rings. The molecule has 16 heavy (non-hydrogen) atoms. The third kappa shape index (κ3) is 3.67. The second kappa shape index (κ2) is 6.09. The lowest BCUT2D eigenvalue weighted by Crippen LogP contribution is -2.19. The van der Waals surface area contributed by atoms with Gasteiger partial charge in [0.25, 0.3) is 0 Å². The van der Waals surface area contributed by atoms with Crippen molar-refractivity contribution in [3.05, 3.63) is 27.3 Å². The van der Waals surface area contributed by atoms with Crippen LogP contribution in [0.25, 0.3) is 0 Å². The zero-order valence-corrected chi connectivity index (χ0v) is 10.7. The molecule has 1 aromatic rings. The predicted molar refractivity (Wildman–Crippen MR) is 64.2 cm³/mol. The molecule has 3 nitrogen and oxygen atoms in total. The summed E-state index contributed by atoms with van der Waals surface area (Å²) < 4.78 is 31.0. The number of hydrogen-bond acceptors (Lipinski definition) is 2. The predicted octanol–water partition coefficient (Wildman–Crippen LogP) is 2.54. The van der Waals surface area contributed by atoms with Crippen LogP contribution in [0, 0.1) is 15.2 Å². The minimum Gasteiger partial charge on any atom is -0.372 e. The monoisotopic (exact) mass is 341 g/mol. The van der Waals surface area contributed by atoms with Gasteiger partial charge in [0, 0.05) is 16.2 Å². The van der Waals surface area contributed by atoms with Crippen LogP contribution in [0.2, 0.25) is 0 Å². The number of anilines is 1. The Labute approximate surface area is 105 Å². The van der Waals surface area contributed by atoms with Gasteiger partial charge in [0.2, 0.25) is 5.91 Å². The average Bonchev–Trinajstić information content (AvgIpc) is 2.23. The van der Waals surface area contributed by atoms with E-state index in [2.05, 4.69) is 5.32 Å². The van der Waals surface area contributed by atoms with Gasteiger partial charge in [-0.1, -0.05) is 0 Å². The SMILES string of the molecule is CCOCC(=O)Nc1cc(F)c(F)cc1I. The number of ether oxygens (including phenoxy) is 1. The van der Waals surface area contributed by atoms with Crippen molar-refractivity contribution in [3.63, 3.8) is 0 Å². The van der Waals surface area contributed by atoms with E-state index >= 15 is 0 Å². The second-order valence-corrected chi connectivity index (χ2v) is 4.09. The Kier molecular flexibility index (Phi) is 5.07. The number of benzene rings is 1. The van der Waals surface area contributed by atoms with Gasteiger partial charge in [-0.05, 0) is 35.6 Å². The first-order valence-corrected chi connectivity index (χ1v) is 5.64. The Hall–Kier alpha value is -0.760. The van der Waals surface area contributed by atoms with Crippen LogP contribution in [0.1, 0.15) is 6.92 Å². The minimum absolute atomic E-state index is 0.106. The molecule has 6 heteroatoms. The Morgan fingerprint density at radius 2 is 2.06 bits per heavy atom. The first-order valence-electron chi connectivity index (χ1n) is 4.56. The van der Waals surface area contributed by atoms with Gasteiger partial charge in [0.15, 0.2) is 11.6 Å². The van der Waals surface area contributed by atoms with E-state index in [0.717, 1.165) is 12.1 Å². The molecule has 1 rings (SSSR count). The van der Waals surface area contributed by atoms with Crippen LogP contribution in [0.3, 0.4) is 0 Å². The highest BCUT2D eigenvalue weighted by atomic mass is 127. The van der Waals surface area contributed by atoms with Gasteiger partial charge in [-0.15, -0.1) is 0 Å². The van der Waals surface area contributed by atoms with E-state index in [-0.39, 0.29) is 12.3 Å². The third-order valence-electron chi connectivity index (χ3n) is 1.72. The van der Waals surface area contributed by atoms with Crippen LogP contribution < -0.4 is 5.32 Å². The van der Waals surface area contributed by atoms with Crippen molar-refractivity contribution in [3.8, 4) is 0 Å². The molecular formula is C10H10F2INO2. The Balaban J connectivity index is 2.73. The molecule has 1 aromatic carbocycles. The van der Waals surface area contributed by atoms with Gasteiger partial charge in [-0.25, -0.2) is 8.78 Å². The van der Waals surface area contributed by atoms with E-state index in [9.17, 15) is 13.6 Å². The summed E-state index contributed by atoms with van der Waals surface area (Å²) in [6, 6.07) is 1.97. The van der Waals surface area contributed by atoms with E-state index < -0.39 is 17.5 Å². The zero-order valence-electron chi connectivity index (χ0n) is 8.52. The maximum absolute atomic E-state index is 12.9. The van der Waals surface area contributed by atoms with Crippen LogP contribution in [-0.2, 0) is 9.53 Å². The lowest BCUT2D eigenvalue weighted by Gasteiger charge is -2.07. The number of carbonyl (C=O) groups excluding carboxylic acids is 1. The Morgan fingerprint density at radius 1 is 1.44 bits per heavy atom. The molecule has 0 aliphatic carbocycles. The molecule has 0 saturated heterocycles. The molecule has 0 heterocycles. The molecule has 0 spiro atoms. The van der Waals surface area contributed by atoms with Crippen LogP contribution in [0.5, 0.6) is 0 Å². The van der Waals surface area contributed by atoms with Crippen LogP contribution >= 0.6 is 22.6 Å². The summed E-state index contributed by atoms with van der Waals surface area (Å²) in [5.41, 5.74) is 0.240. The minimum atomic E-state index is -0.993. The fourth-order valence-electron chi connectivity index (χ4n) is 0.999. The maximum Gasteiger partial charge on any atom is 0.250 e. The molecule has 0 atom stereocenters. The van der Waals surface area contributed by atoms with Crippen molar-refractivity contribution in [1.82, 2.24) is 0 Å². The van der Waals surface area contributed by atoms with Gasteiger partial charge >= 0.3 is 0 Å². The molecule has 88 valence electrons. The summed E-state index contributed by atoms with van der Waals surface area (Å²) in [7, 11) is 0. The number of halogens is 3.